The van der Waals surface area contributed by atoms with Crippen LogP contribution in [0.25, 0.3) is 12.2 Å². The average Bonchev–Trinajstić information content (AvgIpc) is 2.88. The van der Waals surface area contributed by atoms with Gasteiger partial charge < -0.3 is 4.98 Å². The maximum atomic E-state index is 12.2. The van der Waals surface area contributed by atoms with Crippen molar-refractivity contribution in [3.8, 4) is 0 Å². The summed E-state index contributed by atoms with van der Waals surface area (Å²) in [6.45, 7) is 0. The number of hydrogen-bond acceptors (Lipinski definition) is 3. The Morgan fingerprint density at radius 2 is 1.87 bits per heavy atom. The van der Waals surface area contributed by atoms with Crippen LogP contribution in [0.1, 0.15) is 15.9 Å². The lowest BCUT2D eigenvalue weighted by molar-refractivity contribution is 0.106. The minimum Gasteiger partial charge on any atom is -0.313 e. The lowest BCUT2D eigenvalue weighted by atomic mass is 10.1. The first-order valence-corrected chi connectivity index (χ1v) is 8.09. The molecule has 3 nitrogen and oxygen atoms in total. The highest BCUT2D eigenvalue weighted by Gasteiger charge is 2.03. The summed E-state index contributed by atoms with van der Waals surface area (Å²) in [5.41, 5.74) is 1.22. The predicted molar refractivity (Wildman–Crippen MR) is 94.4 cm³/mol. The largest absolute Gasteiger partial charge is 0.313 e. The maximum Gasteiger partial charge on any atom is 0.266 e. The van der Waals surface area contributed by atoms with Crippen molar-refractivity contribution < 1.29 is 4.79 Å². The molecule has 0 unspecified atom stereocenters. The number of aromatic nitrogens is 1. The normalized spacial score (nSPS) is 12.6. The van der Waals surface area contributed by atoms with E-state index in [2.05, 4.69) is 4.98 Å². The molecule has 0 aliphatic carbocycles. The second-order valence-corrected chi connectivity index (χ2v) is 6.38. The molecule has 2 aromatic carbocycles. The number of halogens is 1. The summed E-state index contributed by atoms with van der Waals surface area (Å²) < 4.78 is 1.07. The van der Waals surface area contributed by atoms with E-state index in [0.29, 0.717) is 19.8 Å². The van der Waals surface area contributed by atoms with Gasteiger partial charge in [0.1, 0.15) is 0 Å². The number of carbonyl (C=O) groups is 1. The molecule has 5 heteroatoms. The van der Waals surface area contributed by atoms with Crippen molar-refractivity contribution in [1.82, 2.24) is 4.98 Å². The van der Waals surface area contributed by atoms with Crippen LogP contribution in [0.3, 0.4) is 0 Å². The van der Waals surface area contributed by atoms with E-state index in [4.69, 9.17) is 11.6 Å². The Morgan fingerprint density at radius 1 is 1.09 bits per heavy atom. The standard InChI is InChI=1S/C18H12ClNO2S/c19-14-8-4-7-13(10-14)15(21)11-17-20-18(22)16(23-17)9-12-5-2-1-3-6-12/h1-11H,(H,20,22)/b16-9+,17-11+. The van der Waals surface area contributed by atoms with Crippen LogP contribution in [0.2, 0.25) is 5.02 Å². The van der Waals surface area contributed by atoms with Crippen molar-refractivity contribution in [3.63, 3.8) is 0 Å². The van der Waals surface area contributed by atoms with Gasteiger partial charge in [-0.3, -0.25) is 9.59 Å². The van der Waals surface area contributed by atoms with Crippen molar-refractivity contribution in [2.75, 3.05) is 0 Å². The van der Waals surface area contributed by atoms with Crippen molar-refractivity contribution >= 4 is 40.9 Å². The van der Waals surface area contributed by atoms with E-state index in [1.165, 1.54) is 17.4 Å². The maximum absolute atomic E-state index is 12.2. The van der Waals surface area contributed by atoms with Crippen LogP contribution in [-0.2, 0) is 0 Å². The number of benzene rings is 2. The quantitative estimate of drug-likeness (QED) is 0.744. The molecule has 0 atom stereocenters. The molecule has 3 rings (SSSR count). The van der Waals surface area contributed by atoms with Gasteiger partial charge in [-0.15, -0.1) is 11.3 Å². The first-order chi connectivity index (χ1) is 11.1. The van der Waals surface area contributed by atoms with Crippen LogP contribution in [0.4, 0.5) is 0 Å². The van der Waals surface area contributed by atoms with Crippen molar-refractivity contribution in [2.45, 2.75) is 0 Å². The number of Topliss-reactive ketones (excluding diaryl/α,β-unsaturated/α-hetero) is 1. The van der Waals surface area contributed by atoms with Crippen LogP contribution in [-0.4, -0.2) is 10.8 Å². The average molecular weight is 342 g/mol. The second kappa shape index (κ2) is 6.77. The number of nitrogens with one attached hydrogen (secondary N) is 1. The van der Waals surface area contributed by atoms with Gasteiger partial charge in [-0.05, 0) is 23.8 Å². The third-order valence-corrected chi connectivity index (χ3v) is 4.35. The molecular formula is C18H12ClNO2S. The fourth-order valence-electron chi connectivity index (χ4n) is 2.07. The summed E-state index contributed by atoms with van der Waals surface area (Å²) in [5, 5.41) is 0.502. The van der Waals surface area contributed by atoms with Gasteiger partial charge in [0, 0.05) is 16.7 Å². The minimum absolute atomic E-state index is 0.198. The van der Waals surface area contributed by atoms with Gasteiger partial charge in [-0.25, -0.2) is 0 Å². The molecule has 0 bridgehead atoms. The fraction of sp³-hybridized carbons (Fsp3) is 0. The molecule has 1 N–H and O–H groups in total. The number of rotatable bonds is 3. The van der Waals surface area contributed by atoms with Crippen LogP contribution < -0.4 is 14.8 Å². The molecular weight excluding hydrogens is 330 g/mol. The highest BCUT2D eigenvalue weighted by Crippen LogP contribution is 2.11. The number of H-pyrrole nitrogens is 1. The van der Waals surface area contributed by atoms with Gasteiger partial charge in [0.2, 0.25) is 0 Å². The smallest absolute Gasteiger partial charge is 0.266 e. The van der Waals surface area contributed by atoms with E-state index in [9.17, 15) is 9.59 Å². The molecule has 0 spiro atoms. The van der Waals surface area contributed by atoms with Gasteiger partial charge in [0.25, 0.3) is 5.56 Å². The molecule has 1 heterocycles. The third kappa shape index (κ3) is 3.86. The summed E-state index contributed by atoms with van der Waals surface area (Å²) in [5.74, 6) is -0.198. The molecule has 0 aliphatic rings. The molecule has 0 amide bonds. The van der Waals surface area contributed by atoms with E-state index in [-0.39, 0.29) is 11.3 Å². The Balaban J connectivity index is 1.99. The van der Waals surface area contributed by atoms with Crippen molar-refractivity contribution in [1.29, 1.82) is 0 Å². The number of ketones is 1. The topological polar surface area (TPSA) is 49.9 Å². The minimum atomic E-state index is -0.205. The number of thiazole rings is 1. The summed E-state index contributed by atoms with van der Waals surface area (Å²) in [6.07, 6.45) is 3.21. The van der Waals surface area contributed by atoms with Crippen LogP contribution >= 0.6 is 22.9 Å². The first kappa shape index (κ1) is 15.5. The highest BCUT2D eigenvalue weighted by molar-refractivity contribution is 7.07. The molecule has 0 saturated carbocycles. The zero-order valence-corrected chi connectivity index (χ0v) is 13.5. The summed E-state index contributed by atoms with van der Waals surface area (Å²) in [4.78, 5) is 26.9. The monoisotopic (exact) mass is 341 g/mol. The second-order valence-electron chi connectivity index (χ2n) is 4.86. The highest BCUT2D eigenvalue weighted by atomic mass is 35.5. The van der Waals surface area contributed by atoms with Gasteiger partial charge in [-0.1, -0.05) is 54.1 Å². The molecule has 0 saturated heterocycles. The fourth-order valence-corrected chi connectivity index (χ4v) is 3.14. The predicted octanol–water partition coefficient (Wildman–Crippen LogP) is 2.58. The van der Waals surface area contributed by atoms with E-state index >= 15 is 0 Å². The summed E-state index contributed by atoms with van der Waals surface area (Å²) >= 11 is 7.13. The van der Waals surface area contributed by atoms with Gasteiger partial charge in [-0.2, -0.15) is 0 Å². The van der Waals surface area contributed by atoms with E-state index < -0.39 is 0 Å². The Kier molecular flexibility index (Phi) is 4.55. The Labute approximate surface area is 141 Å². The summed E-state index contributed by atoms with van der Waals surface area (Å²) in [6, 6.07) is 16.3. The molecule has 114 valence electrons. The van der Waals surface area contributed by atoms with Crippen LogP contribution in [0.15, 0.2) is 59.4 Å². The van der Waals surface area contributed by atoms with E-state index in [1.807, 2.05) is 30.3 Å². The zero-order chi connectivity index (χ0) is 16.2. The Morgan fingerprint density at radius 3 is 2.61 bits per heavy atom. The molecule has 0 fully saturated rings. The SMILES string of the molecule is O=C(/C=c1\[nH]c(=O)/c(=C\c2ccccc2)s1)c1cccc(Cl)c1. The van der Waals surface area contributed by atoms with E-state index in [1.54, 1.807) is 30.3 Å². The van der Waals surface area contributed by atoms with Gasteiger partial charge >= 0.3 is 0 Å². The van der Waals surface area contributed by atoms with Crippen LogP contribution in [0, 0.1) is 0 Å². The number of aromatic amines is 1. The number of carbonyl (C=O) groups excluding carboxylic acids is 1. The van der Waals surface area contributed by atoms with E-state index in [0.717, 1.165) is 5.56 Å². The molecule has 3 aromatic rings. The lowest BCUT2D eigenvalue weighted by Crippen LogP contribution is -2.19. The molecule has 0 radical (unpaired) electrons. The van der Waals surface area contributed by atoms with Crippen LogP contribution in [0.5, 0.6) is 0 Å². The van der Waals surface area contributed by atoms with Gasteiger partial charge in [0.05, 0.1) is 9.20 Å². The first-order valence-electron chi connectivity index (χ1n) is 6.89. The lowest BCUT2D eigenvalue weighted by Gasteiger charge is -1.95. The Bertz CT molecular complexity index is 1020. The van der Waals surface area contributed by atoms with Crippen molar-refractivity contribution in [2.24, 2.45) is 0 Å². The molecule has 1 aromatic heterocycles. The Hall–Kier alpha value is -2.43. The van der Waals surface area contributed by atoms with Crippen molar-refractivity contribution in [3.05, 3.63) is 90.3 Å². The molecule has 23 heavy (non-hydrogen) atoms. The molecule has 0 aliphatic heterocycles. The summed E-state index contributed by atoms with van der Waals surface area (Å²) in [7, 11) is 0. The van der Waals surface area contributed by atoms with Gasteiger partial charge in [0.15, 0.2) is 5.78 Å². The zero-order valence-electron chi connectivity index (χ0n) is 12.0. The number of hydrogen-bond donors (Lipinski definition) is 1. The third-order valence-electron chi connectivity index (χ3n) is 3.15.